The van der Waals surface area contributed by atoms with Crippen molar-refractivity contribution in [2.75, 3.05) is 37.6 Å². The molecule has 3 aliphatic heterocycles. The third kappa shape index (κ3) is 9.35. The molecule has 2 bridgehead atoms. The van der Waals surface area contributed by atoms with Gasteiger partial charge in [0.05, 0.1) is 32.5 Å². The minimum absolute atomic E-state index is 0.00221. The molecule has 0 spiro atoms. The van der Waals surface area contributed by atoms with Gasteiger partial charge in [-0.2, -0.15) is 4.98 Å². The maximum atomic E-state index is 16.6. The van der Waals surface area contributed by atoms with Crippen LogP contribution in [0.15, 0.2) is 48.0 Å². The Hall–Kier alpha value is -4.62. The highest BCUT2D eigenvalue weighted by Crippen LogP contribution is 2.62. The zero-order valence-corrected chi connectivity index (χ0v) is 35.5. The average Bonchev–Trinajstić information content (AvgIpc) is 3.98. The Morgan fingerprint density at radius 1 is 0.952 bits per heavy atom. The van der Waals surface area contributed by atoms with E-state index >= 15 is 8.78 Å². The smallest absolute Gasteiger partial charge is 0.433 e. The number of aromatic amines is 1. The molecule has 8 rings (SSSR count). The highest BCUT2D eigenvalue weighted by molar-refractivity contribution is 8.56. The molecule has 334 valence electrons. The number of hydrogen-bond acceptors (Lipinski definition) is 20. The lowest BCUT2D eigenvalue weighted by atomic mass is 9.99. The number of rotatable bonds is 7. The van der Waals surface area contributed by atoms with Crippen molar-refractivity contribution < 1.29 is 64.9 Å². The van der Waals surface area contributed by atoms with Gasteiger partial charge in [-0.25, -0.2) is 38.1 Å². The number of ether oxygens (including phenoxy) is 5. The molecular weight excluding hydrogens is 888 g/mol. The first-order chi connectivity index (χ1) is 29.4. The highest BCUT2D eigenvalue weighted by Gasteiger charge is 2.54. The monoisotopic (exact) mass is 928 g/mol. The first kappa shape index (κ1) is 44.0. The van der Waals surface area contributed by atoms with Crippen LogP contribution in [0.3, 0.4) is 0 Å². The van der Waals surface area contributed by atoms with Gasteiger partial charge in [0, 0.05) is 5.75 Å². The lowest BCUT2D eigenvalue weighted by Gasteiger charge is -2.26. The molecule has 3 fully saturated rings. The number of benzene rings is 1. The summed E-state index contributed by atoms with van der Waals surface area (Å²) >= 11 is 0.776. The van der Waals surface area contributed by atoms with E-state index in [1.54, 1.807) is 12.1 Å². The van der Waals surface area contributed by atoms with E-state index in [0.717, 1.165) is 28.6 Å². The molecule has 3 aliphatic rings. The van der Waals surface area contributed by atoms with Crippen LogP contribution in [0.2, 0.25) is 0 Å². The number of phosphoric ester groups is 1. The Balaban J connectivity index is 1.08. The topological polar surface area (TPSA) is 304 Å². The van der Waals surface area contributed by atoms with E-state index in [2.05, 4.69) is 29.9 Å². The van der Waals surface area contributed by atoms with Crippen molar-refractivity contribution in [1.82, 2.24) is 39.0 Å². The number of alkyl halides is 2. The molecule has 2 unspecified atom stereocenters. The van der Waals surface area contributed by atoms with E-state index in [1.165, 1.54) is 23.0 Å². The number of anilines is 2. The minimum atomic E-state index is -5.27. The standard InChI is InChI=1S/C34H40F2N10O13P2S/c1-34(2,3)11-52-33(48)56-17-6-4-16(5-7-17)10-62-60(49)15-53-24-19(58-30(21(24)36)45-13-41-22-26(37)39-12-40-27(22)45)9-55-61(50,51)59-25-20(35)18(8-54-60)57-31(25)46-14-42-23-28(46)43-32(38)44-29(23)47/h4-7,12-14,18-21,24-25,30-31H,8-11,15H2,1-3H3,(H,50,51)(H2,37,39,40)(H3,38,43,44,47)/t18-,19-,20-,21-,24-,25-,30-,31-,60?/m1/s1. The number of aromatic nitrogens is 8. The summed E-state index contributed by atoms with van der Waals surface area (Å²) in [4.78, 5) is 58.2. The van der Waals surface area contributed by atoms with Crippen LogP contribution in [0.4, 0.5) is 25.3 Å². The van der Waals surface area contributed by atoms with Crippen LogP contribution in [0.25, 0.3) is 22.3 Å². The number of fused-ring (bicyclic) bond motifs is 5. The number of carbonyl (C=O) groups excluding carboxylic acids is 1. The quantitative estimate of drug-likeness (QED) is 0.101. The number of halogens is 2. The van der Waals surface area contributed by atoms with Crippen LogP contribution in [0.1, 0.15) is 38.8 Å². The van der Waals surface area contributed by atoms with Gasteiger partial charge in [0.1, 0.15) is 48.4 Å². The molecule has 0 amide bonds. The summed E-state index contributed by atoms with van der Waals surface area (Å²) in [7, 11) is -5.27. The molecule has 0 radical (unpaired) electrons. The fourth-order valence-electron chi connectivity index (χ4n) is 6.66. The van der Waals surface area contributed by atoms with E-state index in [9.17, 15) is 23.6 Å². The second-order valence-corrected chi connectivity index (χ2v) is 21.6. The molecule has 5 aromatic rings. The van der Waals surface area contributed by atoms with Gasteiger partial charge < -0.3 is 44.6 Å². The largest absolute Gasteiger partial charge is 0.513 e. The Labute approximate surface area is 352 Å². The zero-order valence-electron chi connectivity index (χ0n) is 32.9. The Morgan fingerprint density at radius 3 is 2.39 bits per heavy atom. The van der Waals surface area contributed by atoms with Gasteiger partial charge in [-0.1, -0.05) is 44.3 Å². The maximum absolute atomic E-state index is 16.6. The van der Waals surface area contributed by atoms with E-state index in [-0.39, 0.29) is 57.6 Å². The Morgan fingerprint density at radius 2 is 1.65 bits per heavy atom. The van der Waals surface area contributed by atoms with Gasteiger partial charge in [0.15, 0.2) is 47.4 Å². The van der Waals surface area contributed by atoms with Gasteiger partial charge in [-0.15, -0.1) is 0 Å². The highest BCUT2D eigenvalue weighted by atomic mass is 32.7. The summed E-state index contributed by atoms with van der Waals surface area (Å²) in [6, 6.07) is 6.19. The third-order valence-electron chi connectivity index (χ3n) is 9.61. The van der Waals surface area contributed by atoms with E-state index in [0.29, 0.717) is 5.56 Å². The molecule has 1 aromatic carbocycles. The van der Waals surface area contributed by atoms with Crippen LogP contribution in [-0.4, -0.2) is 113 Å². The zero-order chi connectivity index (χ0) is 44.1. The van der Waals surface area contributed by atoms with Crippen molar-refractivity contribution in [1.29, 1.82) is 0 Å². The van der Waals surface area contributed by atoms with Crippen LogP contribution in [0.5, 0.6) is 5.75 Å². The van der Waals surface area contributed by atoms with Gasteiger partial charge >= 0.3 is 14.0 Å². The van der Waals surface area contributed by atoms with Crippen LogP contribution in [-0.2, 0) is 47.4 Å². The van der Waals surface area contributed by atoms with Crippen molar-refractivity contribution in [2.45, 2.75) is 75.7 Å². The molecule has 62 heavy (non-hydrogen) atoms. The predicted octanol–water partition coefficient (Wildman–Crippen LogP) is 4.16. The van der Waals surface area contributed by atoms with Gasteiger partial charge in [0.25, 0.3) is 12.1 Å². The lowest BCUT2D eigenvalue weighted by Crippen LogP contribution is -2.36. The van der Waals surface area contributed by atoms with Gasteiger partial charge in [-0.3, -0.25) is 32.5 Å². The molecule has 7 heterocycles. The number of nitrogen functional groups attached to an aromatic ring is 2. The summed E-state index contributed by atoms with van der Waals surface area (Å²) in [6.45, 7) is 0.0499. The fraction of sp³-hybridized carbons (Fsp3) is 0.500. The molecular formula is C34H40F2N10O13P2S. The van der Waals surface area contributed by atoms with E-state index in [4.69, 9.17) is 48.7 Å². The first-order valence-corrected chi connectivity index (χ1v) is 23.6. The molecule has 6 N–H and O–H groups in total. The van der Waals surface area contributed by atoms with Crippen molar-refractivity contribution in [3.8, 4) is 5.75 Å². The van der Waals surface area contributed by atoms with E-state index in [1.807, 2.05) is 20.8 Å². The summed E-state index contributed by atoms with van der Waals surface area (Å²) in [5, 5.41) is 0. The van der Waals surface area contributed by atoms with Gasteiger partial charge in [0.2, 0.25) is 5.95 Å². The van der Waals surface area contributed by atoms with Crippen molar-refractivity contribution >= 4 is 66.0 Å². The predicted molar refractivity (Wildman–Crippen MR) is 213 cm³/mol. The summed E-state index contributed by atoms with van der Waals surface area (Å²) < 4.78 is 109. The van der Waals surface area contributed by atoms with Crippen molar-refractivity contribution in [3.63, 3.8) is 0 Å². The molecule has 0 saturated carbocycles. The maximum Gasteiger partial charge on any atom is 0.513 e. The Kier molecular flexibility index (Phi) is 12.2. The number of carbonyl (C=O) groups is 1. The number of nitrogens with two attached hydrogens (primary N) is 2. The summed E-state index contributed by atoms with van der Waals surface area (Å²) in [6.07, 6.45) is -12.4. The molecule has 10 atom stereocenters. The Bertz CT molecular complexity index is 2620. The van der Waals surface area contributed by atoms with Crippen molar-refractivity contribution in [2.24, 2.45) is 5.41 Å². The van der Waals surface area contributed by atoms with Gasteiger partial charge in [-0.05, 0) is 23.1 Å². The number of nitrogens with zero attached hydrogens (tertiary/aromatic N) is 7. The molecule has 4 aromatic heterocycles. The average molecular weight is 929 g/mol. The van der Waals surface area contributed by atoms with Crippen LogP contribution >= 0.6 is 25.8 Å². The number of H-pyrrole nitrogens is 1. The van der Waals surface area contributed by atoms with Crippen LogP contribution in [0, 0.1) is 5.41 Å². The van der Waals surface area contributed by atoms with Crippen LogP contribution < -0.4 is 21.8 Å². The summed E-state index contributed by atoms with van der Waals surface area (Å²) in [5.74, 6) is -0.131. The SMILES string of the molecule is CC(C)(C)COC(=O)Oc1ccc(CSP2(=O)CO[C@H]3[C@@H](F)[C@H](n4cnc5c(N)ncnc54)O[C@@H]3COP(=O)(O)O[C@@H]3[C@H](F)[C@@H](CO2)O[C@H]3n2cnc3c(=O)[nH]c(N)nc32)cc1. The first-order valence-electron chi connectivity index (χ1n) is 18.7. The summed E-state index contributed by atoms with van der Waals surface area (Å²) in [5.41, 5.74) is 11.1. The molecule has 3 saturated heterocycles. The van der Waals surface area contributed by atoms with Crippen molar-refractivity contribution in [3.05, 3.63) is 59.2 Å². The normalized spacial score (nSPS) is 30.9. The van der Waals surface area contributed by atoms with E-state index < -0.39 is 94.9 Å². The third-order valence-corrected chi connectivity index (χ3v) is 14.7. The minimum Gasteiger partial charge on any atom is -0.433 e. The molecule has 28 heteroatoms. The number of nitrogens with one attached hydrogen (secondary N) is 1. The second-order valence-electron chi connectivity index (χ2n) is 15.5. The fourth-order valence-corrected chi connectivity index (χ4v) is 10.9. The number of phosphoric acid groups is 1. The molecule has 23 nitrogen and oxygen atoms in total. The molecule has 0 aliphatic carbocycles. The lowest BCUT2D eigenvalue weighted by molar-refractivity contribution is -0.0618. The number of hydrogen-bond donors (Lipinski definition) is 4. The number of imidazole rings is 2. The second kappa shape index (κ2) is 17.2.